The van der Waals surface area contributed by atoms with Crippen LogP contribution in [0.25, 0.3) is 16.9 Å². The lowest BCUT2D eigenvalue weighted by atomic mass is 10.1. The van der Waals surface area contributed by atoms with Gasteiger partial charge in [0.1, 0.15) is 6.33 Å². The van der Waals surface area contributed by atoms with Crippen molar-refractivity contribution in [3.63, 3.8) is 0 Å². The van der Waals surface area contributed by atoms with Gasteiger partial charge >= 0.3 is 5.97 Å². The zero-order valence-electron chi connectivity index (χ0n) is 14.8. The number of esters is 1. The van der Waals surface area contributed by atoms with Crippen molar-refractivity contribution < 1.29 is 9.53 Å². The van der Waals surface area contributed by atoms with Crippen molar-refractivity contribution >= 4 is 28.6 Å². The second kappa shape index (κ2) is 7.65. The van der Waals surface area contributed by atoms with Gasteiger partial charge in [0.25, 0.3) is 5.56 Å². The van der Waals surface area contributed by atoms with E-state index in [1.807, 2.05) is 12.1 Å². The van der Waals surface area contributed by atoms with E-state index in [0.29, 0.717) is 33.3 Å². The fourth-order valence-electron chi connectivity index (χ4n) is 2.76. The molecule has 1 N–H and O–H groups in total. The number of ether oxygens (including phenoxy) is 1. The minimum Gasteiger partial charge on any atom is -0.465 e. The second-order valence-electron chi connectivity index (χ2n) is 5.84. The molecule has 0 unspecified atom stereocenters. The Hall–Kier alpha value is -3.46. The number of aromatic amines is 1. The molecule has 0 aliphatic carbocycles. The van der Waals surface area contributed by atoms with Crippen LogP contribution in [-0.4, -0.2) is 37.8 Å². The summed E-state index contributed by atoms with van der Waals surface area (Å²) in [6.45, 7) is 0. The van der Waals surface area contributed by atoms with Gasteiger partial charge in [-0.05, 0) is 29.8 Å². The van der Waals surface area contributed by atoms with Gasteiger partial charge in [0.2, 0.25) is 5.95 Å². The highest BCUT2D eigenvalue weighted by molar-refractivity contribution is 7.98. The number of hydrogen-bond donors (Lipinski definition) is 1. The first kappa shape index (κ1) is 17.9. The average molecular weight is 393 g/mol. The van der Waals surface area contributed by atoms with Crippen molar-refractivity contribution in [3.05, 3.63) is 76.3 Å². The molecule has 4 rings (SSSR count). The summed E-state index contributed by atoms with van der Waals surface area (Å²) < 4.78 is 6.17. The third-order valence-corrected chi connectivity index (χ3v) is 5.08. The molecule has 0 bridgehead atoms. The monoisotopic (exact) mass is 393 g/mol. The molecule has 4 aromatic rings. The third-order valence-electron chi connectivity index (χ3n) is 4.08. The van der Waals surface area contributed by atoms with Gasteiger partial charge in [-0.3, -0.25) is 4.79 Å². The predicted octanol–water partition coefficient (Wildman–Crippen LogP) is 2.58. The number of thioether (sulfide) groups is 1. The molecule has 0 spiro atoms. The number of carbonyl (C=O) groups is 1. The SMILES string of the molecule is COC(=O)c1cccc(CSc2nc3ccccc3c(=O)n2-c2ncn[nH]2)c1. The van der Waals surface area contributed by atoms with Crippen LogP contribution in [0.1, 0.15) is 15.9 Å². The van der Waals surface area contributed by atoms with Gasteiger partial charge in [-0.1, -0.05) is 36.0 Å². The van der Waals surface area contributed by atoms with Gasteiger partial charge in [-0.15, -0.1) is 0 Å². The van der Waals surface area contributed by atoms with Crippen LogP contribution in [0.3, 0.4) is 0 Å². The lowest BCUT2D eigenvalue weighted by Gasteiger charge is -2.11. The zero-order chi connectivity index (χ0) is 19.5. The number of benzene rings is 2. The van der Waals surface area contributed by atoms with Crippen molar-refractivity contribution in [2.24, 2.45) is 0 Å². The van der Waals surface area contributed by atoms with Crippen molar-refractivity contribution in [1.82, 2.24) is 24.7 Å². The lowest BCUT2D eigenvalue weighted by Crippen LogP contribution is -2.22. The summed E-state index contributed by atoms with van der Waals surface area (Å²) >= 11 is 1.37. The molecule has 0 saturated heterocycles. The molecule has 2 heterocycles. The summed E-state index contributed by atoms with van der Waals surface area (Å²) in [5.41, 5.74) is 1.75. The van der Waals surface area contributed by atoms with Crippen LogP contribution in [0.15, 0.2) is 64.8 Å². The predicted molar refractivity (Wildman–Crippen MR) is 105 cm³/mol. The topological polar surface area (TPSA) is 103 Å². The van der Waals surface area contributed by atoms with E-state index in [1.54, 1.807) is 36.4 Å². The maximum absolute atomic E-state index is 13.0. The molecule has 2 aromatic carbocycles. The van der Waals surface area contributed by atoms with E-state index in [-0.39, 0.29) is 5.56 Å². The number of H-pyrrole nitrogens is 1. The van der Waals surface area contributed by atoms with E-state index in [2.05, 4.69) is 20.2 Å². The van der Waals surface area contributed by atoms with Crippen LogP contribution >= 0.6 is 11.8 Å². The summed E-state index contributed by atoms with van der Waals surface area (Å²) in [6.07, 6.45) is 1.34. The normalized spacial score (nSPS) is 10.9. The molecule has 28 heavy (non-hydrogen) atoms. The molecule has 140 valence electrons. The molecule has 9 heteroatoms. The van der Waals surface area contributed by atoms with Crippen molar-refractivity contribution in [2.75, 3.05) is 7.11 Å². The number of fused-ring (bicyclic) bond motifs is 1. The molecule has 0 atom stereocenters. The first-order valence-corrected chi connectivity index (χ1v) is 9.33. The van der Waals surface area contributed by atoms with Crippen molar-refractivity contribution in [2.45, 2.75) is 10.9 Å². The molecule has 0 aliphatic rings. The molecule has 8 nitrogen and oxygen atoms in total. The largest absolute Gasteiger partial charge is 0.465 e. The summed E-state index contributed by atoms with van der Waals surface area (Å²) in [6, 6.07) is 14.3. The van der Waals surface area contributed by atoms with Gasteiger partial charge in [0.05, 0.1) is 23.6 Å². The summed E-state index contributed by atoms with van der Waals surface area (Å²) in [5, 5.41) is 7.52. The molecular weight excluding hydrogens is 378 g/mol. The van der Waals surface area contributed by atoms with Crippen LogP contribution < -0.4 is 5.56 Å². The smallest absolute Gasteiger partial charge is 0.337 e. The quantitative estimate of drug-likeness (QED) is 0.316. The van der Waals surface area contributed by atoms with E-state index >= 15 is 0 Å². The number of nitrogens with zero attached hydrogens (tertiary/aromatic N) is 4. The first-order valence-electron chi connectivity index (χ1n) is 8.35. The van der Waals surface area contributed by atoms with E-state index in [1.165, 1.54) is 29.8 Å². The van der Waals surface area contributed by atoms with Crippen molar-refractivity contribution in [3.8, 4) is 5.95 Å². The Bertz CT molecular complexity index is 1200. The number of hydrogen-bond acceptors (Lipinski definition) is 7. The van der Waals surface area contributed by atoms with Crippen LogP contribution in [0, 0.1) is 0 Å². The highest BCUT2D eigenvalue weighted by atomic mass is 32.2. The molecule has 0 saturated carbocycles. The average Bonchev–Trinajstić information content (AvgIpc) is 3.26. The van der Waals surface area contributed by atoms with Gasteiger partial charge < -0.3 is 4.74 Å². The fourth-order valence-corrected chi connectivity index (χ4v) is 3.69. The van der Waals surface area contributed by atoms with E-state index in [4.69, 9.17) is 4.74 Å². The highest BCUT2D eigenvalue weighted by Crippen LogP contribution is 2.24. The molecule has 0 fully saturated rings. The summed E-state index contributed by atoms with van der Waals surface area (Å²) in [7, 11) is 1.35. The van der Waals surface area contributed by atoms with Gasteiger partial charge in [0, 0.05) is 5.75 Å². The van der Waals surface area contributed by atoms with Crippen LogP contribution in [0.5, 0.6) is 0 Å². The Kier molecular flexibility index (Phi) is 4.90. The molecule has 0 aliphatic heterocycles. The number of carbonyl (C=O) groups excluding carboxylic acids is 1. The third kappa shape index (κ3) is 3.39. The number of rotatable bonds is 5. The minimum absolute atomic E-state index is 0.229. The van der Waals surface area contributed by atoms with Gasteiger partial charge in [-0.25, -0.2) is 19.4 Å². The second-order valence-corrected chi connectivity index (χ2v) is 6.78. The number of para-hydroxylation sites is 1. The number of aromatic nitrogens is 5. The van der Waals surface area contributed by atoms with Crippen molar-refractivity contribution in [1.29, 1.82) is 0 Å². The van der Waals surface area contributed by atoms with Gasteiger partial charge in [0.15, 0.2) is 5.16 Å². The molecule has 0 radical (unpaired) electrons. The Morgan fingerprint density at radius 2 is 2.07 bits per heavy atom. The minimum atomic E-state index is -0.394. The Balaban J connectivity index is 1.74. The van der Waals surface area contributed by atoms with Crippen LogP contribution in [0.4, 0.5) is 0 Å². The summed E-state index contributed by atoms with van der Waals surface area (Å²) in [5.74, 6) is 0.410. The Morgan fingerprint density at radius 1 is 1.21 bits per heavy atom. The molecule has 2 aromatic heterocycles. The maximum Gasteiger partial charge on any atom is 0.337 e. The number of methoxy groups -OCH3 is 1. The maximum atomic E-state index is 13.0. The van der Waals surface area contributed by atoms with E-state index in [0.717, 1.165) is 5.56 Å². The van der Waals surface area contributed by atoms with Gasteiger partial charge in [-0.2, -0.15) is 10.1 Å². The van der Waals surface area contributed by atoms with Crippen LogP contribution in [0.2, 0.25) is 0 Å². The standard InChI is InChI=1S/C19H15N5O3S/c1-27-17(26)13-6-4-5-12(9-13)10-28-19-22-15-8-3-2-7-14(15)16(25)24(19)18-20-11-21-23-18/h2-9,11H,10H2,1H3,(H,20,21,23). The van der Waals surface area contributed by atoms with Crippen LogP contribution in [-0.2, 0) is 10.5 Å². The number of nitrogens with one attached hydrogen (secondary N) is 1. The highest BCUT2D eigenvalue weighted by Gasteiger charge is 2.15. The van der Waals surface area contributed by atoms with E-state index < -0.39 is 5.97 Å². The molecular formula is C19H15N5O3S. The Morgan fingerprint density at radius 3 is 2.86 bits per heavy atom. The first-order chi connectivity index (χ1) is 13.7. The lowest BCUT2D eigenvalue weighted by molar-refractivity contribution is 0.0600. The van der Waals surface area contributed by atoms with E-state index in [9.17, 15) is 9.59 Å². The Labute approximate surface area is 163 Å². The molecule has 0 amide bonds. The zero-order valence-corrected chi connectivity index (χ0v) is 15.6. The summed E-state index contributed by atoms with van der Waals surface area (Å²) in [4.78, 5) is 33.5. The fraction of sp³-hybridized carbons (Fsp3) is 0.105.